The van der Waals surface area contributed by atoms with Crippen molar-refractivity contribution < 1.29 is 9.21 Å². The minimum atomic E-state index is -0.496. The Morgan fingerprint density at radius 1 is 1.25 bits per heavy atom. The summed E-state index contributed by atoms with van der Waals surface area (Å²) in [5.74, 6) is -0.496. The van der Waals surface area contributed by atoms with E-state index >= 15 is 0 Å². The van der Waals surface area contributed by atoms with Gasteiger partial charge in [0.05, 0.1) is 5.52 Å². The second-order valence-corrected chi connectivity index (χ2v) is 5.16. The molecule has 2 amide bonds. The number of anilines is 1. The minimum absolute atomic E-state index is 0.206. The van der Waals surface area contributed by atoms with Crippen molar-refractivity contribution in [1.29, 1.82) is 0 Å². The monoisotopic (exact) mass is 275 g/mol. The predicted octanol–water partition coefficient (Wildman–Crippen LogP) is 2.58. The van der Waals surface area contributed by atoms with Gasteiger partial charge in [-0.1, -0.05) is 19.3 Å². The average molecular weight is 275 g/mol. The summed E-state index contributed by atoms with van der Waals surface area (Å²) in [7, 11) is 0. The van der Waals surface area contributed by atoms with Crippen LogP contribution in [0.1, 0.15) is 32.1 Å². The van der Waals surface area contributed by atoms with Crippen LogP contribution < -0.4 is 16.4 Å². The van der Waals surface area contributed by atoms with Gasteiger partial charge in [-0.15, -0.1) is 0 Å². The zero-order valence-corrected chi connectivity index (χ0v) is 11.1. The molecule has 6 heteroatoms. The molecule has 1 heterocycles. The summed E-state index contributed by atoms with van der Waals surface area (Å²) in [6.45, 7) is 0. The summed E-state index contributed by atoms with van der Waals surface area (Å²) in [6, 6.07) is 5.10. The molecule has 1 aromatic carbocycles. The van der Waals surface area contributed by atoms with Crippen LogP contribution in [-0.2, 0) is 0 Å². The molecule has 1 aliphatic carbocycles. The Morgan fingerprint density at radius 2 is 2.05 bits per heavy atom. The highest BCUT2D eigenvalue weighted by Gasteiger charge is 2.15. The number of aromatic nitrogens is 1. The predicted molar refractivity (Wildman–Crippen MR) is 75.9 cm³/mol. The van der Waals surface area contributed by atoms with Crippen molar-refractivity contribution in [2.75, 3.05) is 5.32 Å². The molecule has 1 saturated carbocycles. The lowest BCUT2D eigenvalue weighted by atomic mass is 9.96. The number of rotatable bonds is 2. The van der Waals surface area contributed by atoms with E-state index in [2.05, 4.69) is 15.6 Å². The number of oxazole rings is 1. The zero-order valence-electron chi connectivity index (χ0n) is 11.1. The number of aromatic amines is 1. The van der Waals surface area contributed by atoms with Gasteiger partial charge in [0, 0.05) is 11.7 Å². The van der Waals surface area contributed by atoms with Crippen LogP contribution >= 0.6 is 0 Å². The van der Waals surface area contributed by atoms with E-state index in [1.807, 2.05) is 0 Å². The fourth-order valence-electron chi connectivity index (χ4n) is 2.63. The first-order chi connectivity index (χ1) is 9.70. The average Bonchev–Trinajstić information content (AvgIpc) is 2.79. The summed E-state index contributed by atoms with van der Waals surface area (Å²) >= 11 is 0. The first-order valence-electron chi connectivity index (χ1n) is 6.91. The highest BCUT2D eigenvalue weighted by Crippen LogP contribution is 2.18. The van der Waals surface area contributed by atoms with Gasteiger partial charge >= 0.3 is 11.8 Å². The maximum Gasteiger partial charge on any atom is 0.417 e. The third kappa shape index (κ3) is 2.84. The summed E-state index contributed by atoms with van der Waals surface area (Å²) < 4.78 is 4.91. The van der Waals surface area contributed by atoms with E-state index < -0.39 is 5.76 Å². The number of nitrogens with one attached hydrogen (secondary N) is 3. The van der Waals surface area contributed by atoms with Gasteiger partial charge in [0.25, 0.3) is 0 Å². The molecule has 3 N–H and O–H groups in total. The van der Waals surface area contributed by atoms with Crippen molar-refractivity contribution in [2.45, 2.75) is 38.1 Å². The van der Waals surface area contributed by atoms with Gasteiger partial charge in [-0.2, -0.15) is 0 Å². The molecule has 1 aliphatic rings. The van der Waals surface area contributed by atoms with Gasteiger partial charge in [-0.05, 0) is 31.0 Å². The van der Waals surface area contributed by atoms with Crippen LogP contribution in [0.3, 0.4) is 0 Å². The molecule has 20 heavy (non-hydrogen) atoms. The maximum absolute atomic E-state index is 11.9. The van der Waals surface area contributed by atoms with Gasteiger partial charge in [0.15, 0.2) is 5.58 Å². The maximum atomic E-state index is 11.9. The lowest BCUT2D eigenvalue weighted by Crippen LogP contribution is -2.38. The molecule has 0 saturated heterocycles. The van der Waals surface area contributed by atoms with Crippen molar-refractivity contribution in [3.05, 3.63) is 28.7 Å². The van der Waals surface area contributed by atoms with Crippen LogP contribution in [0.15, 0.2) is 27.4 Å². The molecule has 0 atom stereocenters. The Labute approximate surface area is 115 Å². The molecule has 106 valence electrons. The first kappa shape index (κ1) is 12.8. The minimum Gasteiger partial charge on any atom is -0.408 e. The molecule has 0 radical (unpaired) electrons. The number of carbonyl (C=O) groups is 1. The van der Waals surface area contributed by atoms with E-state index in [4.69, 9.17) is 4.42 Å². The standard InChI is InChI=1S/C14H17N3O3/c18-13(15-9-4-2-1-3-5-9)16-10-6-7-12-11(8-10)17-14(19)20-12/h6-9H,1-5H2,(H,17,19)(H2,15,16,18). The van der Waals surface area contributed by atoms with Gasteiger partial charge < -0.3 is 15.1 Å². The van der Waals surface area contributed by atoms with Crippen LogP contribution in [0, 0.1) is 0 Å². The molecule has 0 spiro atoms. The first-order valence-corrected chi connectivity index (χ1v) is 6.91. The third-order valence-corrected chi connectivity index (χ3v) is 3.62. The van der Waals surface area contributed by atoms with Gasteiger partial charge in [0.2, 0.25) is 0 Å². The molecule has 1 aromatic heterocycles. The van der Waals surface area contributed by atoms with Crippen molar-refractivity contribution in [3.63, 3.8) is 0 Å². The number of H-pyrrole nitrogens is 1. The second-order valence-electron chi connectivity index (χ2n) is 5.16. The highest BCUT2D eigenvalue weighted by atomic mass is 16.4. The topological polar surface area (TPSA) is 87.1 Å². The normalized spacial score (nSPS) is 16.2. The Morgan fingerprint density at radius 3 is 2.85 bits per heavy atom. The van der Waals surface area contributed by atoms with E-state index in [1.54, 1.807) is 18.2 Å². The largest absolute Gasteiger partial charge is 0.417 e. The van der Waals surface area contributed by atoms with Crippen molar-refractivity contribution in [2.24, 2.45) is 0 Å². The summed E-state index contributed by atoms with van der Waals surface area (Å²) in [4.78, 5) is 25.5. The molecule has 6 nitrogen and oxygen atoms in total. The fourth-order valence-corrected chi connectivity index (χ4v) is 2.63. The van der Waals surface area contributed by atoms with Crippen LogP contribution in [0.5, 0.6) is 0 Å². The fraction of sp³-hybridized carbons (Fsp3) is 0.429. The number of urea groups is 1. The molecule has 0 bridgehead atoms. The van der Waals surface area contributed by atoms with Crippen LogP contribution in [0.2, 0.25) is 0 Å². The van der Waals surface area contributed by atoms with Crippen LogP contribution in [0.4, 0.5) is 10.5 Å². The third-order valence-electron chi connectivity index (χ3n) is 3.62. The van der Waals surface area contributed by atoms with E-state index in [9.17, 15) is 9.59 Å². The number of hydrogen-bond donors (Lipinski definition) is 3. The second kappa shape index (κ2) is 5.40. The van der Waals surface area contributed by atoms with Crippen LogP contribution in [-0.4, -0.2) is 17.1 Å². The molecule has 0 aliphatic heterocycles. The zero-order chi connectivity index (χ0) is 13.9. The summed E-state index contributed by atoms with van der Waals surface area (Å²) in [5, 5.41) is 5.75. The molecule has 0 unspecified atom stereocenters. The number of benzene rings is 1. The lowest BCUT2D eigenvalue weighted by molar-refractivity contribution is 0.244. The van der Waals surface area contributed by atoms with Crippen molar-refractivity contribution >= 4 is 22.8 Å². The molecule has 1 fully saturated rings. The van der Waals surface area contributed by atoms with E-state index in [0.29, 0.717) is 16.8 Å². The lowest BCUT2D eigenvalue weighted by Gasteiger charge is -2.22. The summed E-state index contributed by atoms with van der Waals surface area (Å²) in [5.41, 5.74) is 1.68. The van der Waals surface area contributed by atoms with E-state index in [0.717, 1.165) is 12.8 Å². The smallest absolute Gasteiger partial charge is 0.408 e. The quantitative estimate of drug-likeness (QED) is 0.787. The van der Waals surface area contributed by atoms with E-state index in [-0.39, 0.29) is 12.1 Å². The Bertz CT molecular complexity index is 668. The SMILES string of the molecule is O=C(Nc1ccc2oc(=O)[nH]c2c1)NC1CCCCC1. The van der Waals surface area contributed by atoms with Gasteiger partial charge in [-0.25, -0.2) is 9.59 Å². The number of amides is 2. The number of hydrogen-bond acceptors (Lipinski definition) is 3. The number of carbonyl (C=O) groups excluding carboxylic acids is 1. The molecular formula is C14H17N3O3. The Kier molecular flexibility index (Phi) is 3.45. The van der Waals surface area contributed by atoms with Gasteiger partial charge in [-0.3, -0.25) is 4.98 Å². The molecule has 3 rings (SSSR count). The summed E-state index contributed by atoms with van der Waals surface area (Å²) in [6.07, 6.45) is 5.69. The van der Waals surface area contributed by atoms with E-state index in [1.165, 1.54) is 19.3 Å². The van der Waals surface area contributed by atoms with Crippen LogP contribution in [0.25, 0.3) is 11.1 Å². The highest BCUT2D eigenvalue weighted by molar-refractivity contribution is 5.91. The Balaban J connectivity index is 1.65. The molecular weight excluding hydrogens is 258 g/mol. The number of fused-ring (bicyclic) bond motifs is 1. The van der Waals surface area contributed by atoms with Crippen molar-refractivity contribution in [3.8, 4) is 0 Å². The van der Waals surface area contributed by atoms with Crippen molar-refractivity contribution in [1.82, 2.24) is 10.3 Å². The Hall–Kier alpha value is -2.24. The molecule has 2 aromatic rings. The van der Waals surface area contributed by atoms with Gasteiger partial charge in [0.1, 0.15) is 0 Å².